The first kappa shape index (κ1) is 19.4. The summed E-state index contributed by atoms with van der Waals surface area (Å²) in [5.74, 6) is 0.197. The van der Waals surface area contributed by atoms with Gasteiger partial charge in [-0.2, -0.15) is 0 Å². The van der Waals surface area contributed by atoms with Gasteiger partial charge < -0.3 is 14.5 Å². The highest BCUT2D eigenvalue weighted by Gasteiger charge is 2.49. The zero-order chi connectivity index (χ0) is 20.5. The van der Waals surface area contributed by atoms with Crippen LogP contribution in [0.5, 0.6) is 5.75 Å². The molecule has 29 heavy (non-hydrogen) atoms. The van der Waals surface area contributed by atoms with Crippen molar-refractivity contribution in [3.05, 3.63) is 65.5 Å². The van der Waals surface area contributed by atoms with Crippen LogP contribution in [0.1, 0.15) is 41.6 Å². The maximum Gasteiger partial charge on any atom is 0.254 e. The molecule has 2 aliphatic rings. The van der Waals surface area contributed by atoms with Crippen molar-refractivity contribution >= 4 is 11.8 Å². The number of methoxy groups -OCH3 is 1. The maximum atomic E-state index is 13.7. The summed E-state index contributed by atoms with van der Waals surface area (Å²) in [6.07, 6.45) is 1.69. The highest BCUT2D eigenvalue weighted by molar-refractivity contribution is 5.94. The molecule has 3 atom stereocenters. The van der Waals surface area contributed by atoms with Gasteiger partial charge >= 0.3 is 0 Å². The molecule has 0 N–H and O–H groups in total. The Morgan fingerprint density at radius 2 is 1.86 bits per heavy atom. The van der Waals surface area contributed by atoms with Gasteiger partial charge in [0.05, 0.1) is 19.2 Å². The van der Waals surface area contributed by atoms with Gasteiger partial charge in [-0.25, -0.2) is 4.39 Å². The molecule has 0 saturated carbocycles. The minimum atomic E-state index is -0.423. The molecule has 4 rings (SSSR count). The third kappa shape index (κ3) is 3.59. The lowest BCUT2D eigenvalue weighted by Gasteiger charge is -2.41. The van der Waals surface area contributed by atoms with E-state index in [2.05, 4.69) is 0 Å². The number of hydrogen-bond acceptors (Lipinski definition) is 3. The number of nitrogens with zero attached hydrogens (tertiary/aromatic N) is 2. The normalized spacial score (nSPS) is 23.6. The summed E-state index contributed by atoms with van der Waals surface area (Å²) >= 11 is 0. The summed E-state index contributed by atoms with van der Waals surface area (Å²) in [5, 5.41) is 0. The molecule has 2 fully saturated rings. The fourth-order valence-corrected chi connectivity index (χ4v) is 4.82. The number of amides is 2. The first-order valence-corrected chi connectivity index (χ1v) is 9.97. The Balaban J connectivity index is 1.71. The second-order valence-electron chi connectivity index (χ2n) is 7.76. The van der Waals surface area contributed by atoms with Crippen molar-refractivity contribution in [3.63, 3.8) is 0 Å². The van der Waals surface area contributed by atoms with Gasteiger partial charge in [0.1, 0.15) is 11.6 Å². The second-order valence-corrected chi connectivity index (χ2v) is 7.76. The quantitative estimate of drug-likeness (QED) is 0.799. The van der Waals surface area contributed by atoms with Crippen LogP contribution in [0, 0.1) is 5.82 Å². The maximum absolute atomic E-state index is 13.7. The van der Waals surface area contributed by atoms with E-state index in [0.717, 1.165) is 24.2 Å². The van der Waals surface area contributed by atoms with Crippen LogP contribution in [0.15, 0.2) is 48.5 Å². The number of carbonyl (C=O) groups is 2. The van der Waals surface area contributed by atoms with Crippen molar-refractivity contribution in [1.29, 1.82) is 0 Å². The third-order valence-corrected chi connectivity index (χ3v) is 6.14. The van der Waals surface area contributed by atoms with Crippen molar-refractivity contribution in [2.45, 2.75) is 37.8 Å². The number of halogens is 1. The predicted molar refractivity (Wildman–Crippen MR) is 107 cm³/mol. The topological polar surface area (TPSA) is 49.9 Å². The number of ether oxygens (including phenoxy) is 1. The number of likely N-dealkylation sites (tertiary alicyclic amines) is 2. The number of rotatable bonds is 3. The Hall–Kier alpha value is -2.89. The Morgan fingerprint density at radius 1 is 1.10 bits per heavy atom. The molecule has 0 aliphatic carbocycles. The monoisotopic (exact) mass is 396 g/mol. The average molecular weight is 396 g/mol. The van der Waals surface area contributed by atoms with Crippen LogP contribution in [-0.4, -0.2) is 53.9 Å². The molecule has 2 heterocycles. The van der Waals surface area contributed by atoms with Gasteiger partial charge in [0, 0.05) is 31.5 Å². The third-order valence-electron chi connectivity index (χ3n) is 6.14. The fourth-order valence-electron chi connectivity index (χ4n) is 4.82. The summed E-state index contributed by atoms with van der Waals surface area (Å²) in [7, 11) is 1.62. The molecule has 0 radical (unpaired) electrons. The van der Waals surface area contributed by atoms with Gasteiger partial charge in [-0.3, -0.25) is 9.59 Å². The smallest absolute Gasteiger partial charge is 0.254 e. The molecule has 0 aromatic heterocycles. The molecule has 0 unspecified atom stereocenters. The van der Waals surface area contributed by atoms with Crippen molar-refractivity contribution in [3.8, 4) is 5.75 Å². The first-order valence-electron chi connectivity index (χ1n) is 9.97. The molecular formula is C23H25FN2O3. The minimum Gasteiger partial charge on any atom is -0.497 e. The zero-order valence-corrected chi connectivity index (χ0v) is 16.7. The number of hydrogen-bond donors (Lipinski definition) is 0. The molecule has 0 spiro atoms. The van der Waals surface area contributed by atoms with E-state index < -0.39 is 5.82 Å². The van der Waals surface area contributed by atoms with Crippen LogP contribution in [0.25, 0.3) is 0 Å². The SMILES string of the molecule is COc1ccc([C@H]2CN(C(C)=O)[C@@H]3CCCN(C(=O)c4cccc(F)c4)[C@H]23)cc1. The summed E-state index contributed by atoms with van der Waals surface area (Å²) < 4.78 is 19.0. The van der Waals surface area contributed by atoms with Gasteiger partial charge in [-0.05, 0) is 48.7 Å². The van der Waals surface area contributed by atoms with Crippen molar-refractivity contribution < 1.29 is 18.7 Å². The Bertz CT molecular complexity index is 915. The molecule has 2 amide bonds. The number of carbonyl (C=O) groups excluding carboxylic acids is 2. The molecular weight excluding hydrogens is 371 g/mol. The average Bonchev–Trinajstić information content (AvgIpc) is 3.13. The highest BCUT2D eigenvalue weighted by atomic mass is 19.1. The number of fused-ring (bicyclic) bond motifs is 1. The van der Waals surface area contributed by atoms with Gasteiger partial charge in [0.25, 0.3) is 5.91 Å². The van der Waals surface area contributed by atoms with E-state index in [9.17, 15) is 14.0 Å². The number of piperidine rings is 1. The molecule has 5 nitrogen and oxygen atoms in total. The lowest BCUT2D eigenvalue weighted by Crippen LogP contribution is -2.53. The van der Waals surface area contributed by atoms with Crippen molar-refractivity contribution in [2.75, 3.05) is 20.2 Å². The summed E-state index contributed by atoms with van der Waals surface area (Å²) in [5.41, 5.74) is 1.42. The van der Waals surface area contributed by atoms with Crippen LogP contribution in [0.3, 0.4) is 0 Å². The molecule has 6 heteroatoms. The van der Waals surface area contributed by atoms with E-state index in [1.165, 1.54) is 12.1 Å². The van der Waals surface area contributed by atoms with E-state index in [-0.39, 0.29) is 29.8 Å². The molecule has 152 valence electrons. The standard InChI is InChI=1S/C23H25FN2O3/c1-15(27)26-14-20(16-8-10-19(29-2)11-9-16)22-21(26)7-4-12-25(22)23(28)17-5-3-6-18(24)13-17/h3,5-6,8-11,13,20-22H,4,7,12,14H2,1-2H3/t20-,21-,22-/m1/s1. The molecule has 2 aliphatic heterocycles. The first-order chi connectivity index (χ1) is 14.0. The summed E-state index contributed by atoms with van der Waals surface area (Å²) in [4.78, 5) is 29.3. The molecule has 2 saturated heterocycles. The van der Waals surface area contributed by atoms with Gasteiger partial charge in [0.15, 0.2) is 0 Å². The van der Waals surface area contributed by atoms with Crippen LogP contribution in [-0.2, 0) is 4.79 Å². The second kappa shape index (κ2) is 7.85. The number of benzene rings is 2. The van der Waals surface area contributed by atoms with E-state index in [1.54, 1.807) is 26.2 Å². The Kier molecular flexibility index (Phi) is 5.26. The Morgan fingerprint density at radius 3 is 2.52 bits per heavy atom. The summed E-state index contributed by atoms with van der Waals surface area (Å²) in [6.45, 7) is 2.76. The molecule has 0 bridgehead atoms. The molecule has 2 aromatic rings. The fraction of sp³-hybridized carbons (Fsp3) is 0.391. The van der Waals surface area contributed by atoms with Gasteiger partial charge in [-0.1, -0.05) is 18.2 Å². The van der Waals surface area contributed by atoms with Crippen molar-refractivity contribution in [1.82, 2.24) is 9.80 Å². The predicted octanol–water partition coefficient (Wildman–Crippen LogP) is 3.45. The lowest BCUT2D eigenvalue weighted by molar-refractivity contribution is -0.130. The van der Waals surface area contributed by atoms with Gasteiger partial charge in [0.2, 0.25) is 5.91 Å². The van der Waals surface area contributed by atoms with E-state index in [0.29, 0.717) is 18.7 Å². The van der Waals surface area contributed by atoms with E-state index >= 15 is 0 Å². The highest BCUT2D eigenvalue weighted by Crippen LogP contribution is 2.41. The largest absolute Gasteiger partial charge is 0.497 e. The van der Waals surface area contributed by atoms with Crippen LogP contribution >= 0.6 is 0 Å². The van der Waals surface area contributed by atoms with Crippen molar-refractivity contribution in [2.24, 2.45) is 0 Å². The zero-order valence-electron chi connectivity index (χ0n) is 16.7. The summed E-state index contributed by atoms with van der Waals surface area (Å²) in [6, 6.07) is 13.5. The van der Waals surface area contributed by atoms with Gasteiger partial charge in [-0.15, -0.1) is 0 Å². The van der Waals surface area contributed by atoms with Crippen LogP contribution in [0.4, 0.5) is 4.39 Å². The van der Waals surface area contributed by atoms with Crippen LogP contribution in [0.2, 0.25) is 0 Å². The van der Waals surface area contributed by atoms with E-state index in [1.807, 2.05) is 34.1 Å². The van der Waals surface area contributed by atoms with Crippen LogP contribution < -0.4 is 4.74 Å². The minimum absolute atomic E-state index is 0.00705. The van der Waals surface area contributed by atoms with E-state index in [4.69, 9.17) is 4.74 Å². The molecule has 2 aromatic carbocycles. The Labute approximate surface area is 170 Å². The lowest BCUT2D eigenvalue weighted by atomic mass is 9.85.